The molecule has 0 saturated carbocycles. The van der Waals surface area contributed by atoms with Crippen LogP contribution in [0.5, 0.6) is 11.5 Å². The predicted molar refractivity (Wildman–Crippen MR) is 115 cm³/mol. The van der Waals surface area contributed by atoms with Crippen LogP contribution in [0.1, 0.15) is 78.1 Å². The molecule has 0 saturated heterocycles. The Morgan fingerprint density at radius 3 is 1.69 bits per heavy atom. The van der Waals surface area contributed by atoms with Gasteiger partial charge in [0.15, 0.2) is 11.5 Å². The minimum atomic E-state index is -5.12. The molecule has 0 heterocycles. The number of benzene rings is 1. The fraction of sp³-hybridized carbons (Fsp3) is 0.600. The molecule has 1 rings (SSSR count). The van der Waals surface area contributed by atoms with Crippen LogP contribution < -0.4 is 9.47 Å². The van der Waals surface area contributed by atoms with Crippen LogP contribution in [-0.4, -0.2) is 37.9 Å². The van der Waals surface area contributed by atoms with Crippen molar-refractivity contribution in [3.63, 3.8) is 0 Å². The molecule has 0 aliphatic carbocycles. The minimum absolute atomic E-state index is 0.0539. The maximum absolute atomic E-state index is 12.2. The summed E-state index contributed by atoms with van der Waals surface area (Å²) in [4.78, 5) is 22.3. The number of unbranched alkanes of at least 4 members (excludes halogenated alkanes) is 6. The minimum Gasteiger partial charge on any atom is -0.422 e. The molecule has 0 bridgehead atoms. The van der Waals surface area contributed by atoms with E-state index >= 15 is 0 Å². The van der Waals surface area contributed by atoms with Gasteiger partial charge in [-0.25, -0.2) is 0 Å². The average molecular weight is 495 g/mol. The number of hydrogen-bond donors (Lipinski definition) is 2. The van der Waals surface area contributed by atoms with E-state index in [9.17, 15) is 35.5 Å². The molecule has 0 spiro atoms. The van der Waals surface area contributed by atoms with E-state index in [1.54, 1.807) is 0 Å². The predicted octanol–water partition coefficient (Wildman–Crippen LogP) is 3.93. The quantitative estimate of drug-likeness (QED) is 0.168. The van der Waals surface area contributed by atoms with Gasteiger partial charge in [-0.05, 0) is 18.9 Å². The van der Waals surface area contributed by atoms with Crippen molar-refractivity contribution in [2.24, 2.45) is 0 Å². The van der Waals surface area contributed by atoms with E-state index in [-0.39, 0.29) is 12.8 Å². The van der Waals surface area contributed by atoms with Crippen LogP contribution in [0.15, 0.2) is 21.9 Å². The second-order valence-corrected chi connectivity index (χ2v) is 10.1. The smallest absolute Gasteiger partial charge is 0.311 e. The summed E-state index contributed by atoms with van der Waals surface area (Å²) < 4.78 is 75.8. The summed E-state index contributed by atoms with van der Waals surface area (Å²) >= 11 is 0. The first-order valence-corrected chi connectivity index (χ1v) is 13.3. The molecule has 2 N–H and O–H groups in total. The SMILES string of the molecule is CCCCCCC(=O)Oc1cc(S(=O)(=O)O)cc(S(=O)(=O)O)c1OC(=O)CCCCCC. The lowest BCUT2D eigenvalue weighted by Crippen LogP contribution is -2.16. The molecule has 32 heavy (non-hydrogen) atoms. The van der Waals surface area contributed by atoms with Crippen LogP contribution >= 0.6 is 0 Å². The topological polar surface area (TPSA) is 161 Å². The zero-order chi connectivity index (χ0) is 24.4. The molecule has 1 aromatic rings. The lowest BCUT2D eigenvalue weighted by atomic mass is 10.1. The molecule has 0 unspecified atom stereocenters. The van der Waals surface area contributed by atoms with Crippen LogP contribution in [0, 0.1) is 0 Å². The fourth-order valence-electron chi connectivity index (χ4n) is 2.80. The van der Waals surface area contributed by atoms with Crippen LogP contribution in [-0.2, 0) is 29.8 Å². The summed E-state index contributed by atoms with van der Waals surface area (Å²) in [7, 11) is -10.1. The highest BCUT2D eigenvalue weighted by Crippen LogP contribution is 2.38. The van der Waals surface area contributed by atoms with Crippen molar-refractivity contribution in [1.29, 1.82) is 0 Å². The van der Waals surface area contributed by atoms with E-state index in [1.807, 2.05) is 13.8 Å². The van der Waals surface area contributed by atoms with Gasteiger partial charge in [-0.15, -0.1) is 0 Å². The van der Waals surface area contributed by atoms with Crippen LogP contribution in [0.4, 0.5) is 0 Å². The first-order valence-electron chi connectivity index (χ1n) is 10.4. The van der Waals surface area contributed by atoms with Gasteiger partial charge in [0.1, 0.15) is 4.90 Å². The molecule has 1 aromatic carbocycles. The van der Waals surface area contributed by atoms with Crippen LogP contribution in [0.2, 0.25) is 0 Å². The van der Waals surface area contributed by atoms with Gasteiger partial charge >= 0.3 is 11.9 Å². The van der Waals surface area contributed by atoms with Gasteiger partial charge in [0.25, 0.3) is 20.2 Å². The van der Waals surface area contributed by atoms with Crippen molar-refractivity contribution >= 4 is 32.2 Å². The van der Waals surface area contributed by atoms with Gasteiger partial charge < -0.3 is 9.47 Å². The highest BCUT2D eigenvalue weighted by molar-refractivity contribution is 7.86. The molecule has 0 amide bonds. The lowest BCUT2D eigenvalue weighted by molar-refractivity contribution is -0.137. The summed E-state index contributed by atoms with van der Waals surface area (Å²) in [6, 6.07) is 1.08. The number of esters is 2. The van der Waals surface area contributed by atoms with Gasteiger partial charge in [-0.3, -0.25) is 18.7 Å². The maximum atomic E-state index is 12.2. The van der Waals surface area contributed by atoms with Crippen molar-refractivity contribution in [2.75, 3.05) is 0 Å². The average Bonchev–Trinajstić information content (AvgIpc) is 2.68. The molecule has 0 atom stereocenters. The Balaban J connectivity index is 3.32. The maximum Gasteiger partial charge on any atom is 0.311 e. The third-order valence-electron chi connectivity index (χ3n) is 4.48. The van der Waals surface area contributed by atoms with Crippen molar-refractivity contribution in [1.82, 2.24) is 0 Å². The summed E-state index contributed by atoms with van der Waals surface area (Å²) in [5.41, 5.74) is 0. The van der Waals surface area contributed by atoms with Crippen LogP contribution in [0.25, 0.3) is 0 Å². The summed E-state index contributed by atoms with van der Waals surface area (Å²) in [5.74, 6) is -3.21. The van der Waals surface area contributed by atoms with E-state index in [1.165, 1.54) is 0 Å². The van der Waals surface area contributed by atoms with E-state index in [0.717, 1.165) is 38.5 Å². The number of carbonyl (C=O) groups is 2. The molecular weight excluding hydrogens is 464 g/mol. The molecule has 0 aliphatic rings. The highest BCUT2D eigenvalue weighted by atomic mass is 32.2. The van der Waals surface area contributed by atoms with E-state index in [2.05, 4.69) is 0 Å². The zero-order valence-corrected chi connectivity index (χ0v) is 19.8. The van der Waals surface area contributed by atoms with E-state index < -0.39 is 53.5 Å². The number of hydrogen-bond acceptors (Lipinski definition) is 8. The molecule has 182 valence electrons. The van der Waals surface area contributed by atoms with Crippen LogP contribution in [0.3, 0.4) is 0 Å². The van der Waals surface area contributed by atoms with Crippen molar-refractivity contribution in [2.45, 2.75) is 87.8 Å². The molecular formula is C20H30O10S2. The third kappa shape index (κ3) is 9.63. The third-order valence-corrected chi connectivity index (χ3v) is 6.17. The van der Waals surface area contributed by atoms with Crippen molar-refractivity contribution in [3.05, 3.63) is 12.1 Å². The largest absolute Gasteiger partial charge is 0.422 e. The van der Waals surface area contributed by atoms with E-state index in [0.29, 0.717) is 25.0 Å². The van der Waals surface area contributed by atoms with Gasteiger partial charge in [0, 0.05) is 18.9 Å². The summed E-state index contributed by atoms with van der Waals surface area (Å²) in [5, 5.41) is 0. The molecule has 0 radical (unpaired) electrons. The molecule has 10 nitrogen and oxygen atoms in total. The van der Waals surface area contributed by atoms with Gasteiger partial charge in [0.2, 0.25) is 0 Å². The van der Waals surface area contributed by atoms with E-state index in [4.69, 9.17) is 9.47 Å². The molecule has 0 fully saturated rings. The zero-order valence-electron chi connectivity index (χ0n) is 18.2. The van der Waals surface area contributed by atoms with Crippen molar-refractivity contribution in [3.8, 4) is 11.5 Å². The second-order valence-electron chi connectivity index (χ2n) is 7.27. The summed E-state index contributed by atoms with van der Waals surface area (Å²) in [6.45, 7) is 3.97. The van der Waals surface area contributed by atoms with Gasteiger partial charge in [-0.2, -0.15) is 16.8 Å². The molecule has 12 heteroatoms. The Hall–Kier alpha value is -2.02. The summed E-state index contributed by atoms with van der Waals surface area (Å²) in [6.07, 6.45) is 5.92. The number of rotatable bonds is 14. The van der Waals surface area contributed by atoms with Gasteiger partial charge in [0.05, 0.1) is 4.90 Å². The van der Waals surface area contributed by atoms with Crippen molar-refractivity contribution < 1.29 is 45.0 Å². The Morgan fingerprint density at radius 1 is 0.750 bits per heavy atom. The molecule has 0 aliphatic heterocycles. The monoisotopic (exact) mass is 494 g/mol. The number of ether oxygens (including phenoxy) is 2. The highest BCUT2D eigenvalue weighted by Gasteiger charge is 2.29. The van der Waals surface area contributed by atoms with Gasteiger partial charge in [-0.1, -0.05) is 52.4 Å². The Labute approximate surface area is 188 Å². The number of carbonyl (C=O) groups excluding carboxylic acids is 2. The molecule has 0 aromatic heterocycles. The standard InChI is InChI=1S/C20H30O10S2/c1-3-5-7-9-11-18(21)29-16-13-15(31(23,24)25)14-17(32(26,27)28)20(16)30-19(22)12-10-8-6-4-2/h13-14H,3-12H2,1-2H3,(H,23,24,25)(H,26,27,28). The Bertz CT molecular complexity index is 997. The Morgan fingerprint density at radius 2 is 1.25 bits per heavy atom. The first-order chi connectivity index (χ1) is 14.9. The fourth-order valence-corrected chi connectivity index (χ4v) is 4.05. The lowest BCUT2D eigenvalue weighted by Gasteiger charge is -2.15. The second kappa shape index (κ2) is 12.9. The first kappa shape index (κ1) is 28.0. The normalized spacial score (nSPS) is 11.9. The Kier molecular flexibility index (Phi) is 11.3.